The van der Waals surface area contributed by atoms with E-state index in [9.17, 15) is 13.9 Å². The van der Waals surface area contributed by atoms with Gasteiger partial charge in [-0.2, -0.15) is 0 Å². The Hall–Kier alpha value is -0.960. The van der Waals surface area contributed by atoms with Crippen LogP contribution in [0, 0.1) is 47.3 Å². The van der Waals surface area contributed by atoms with Gasteiger partial charge in [0, 0.05) is 23.7 Å². The molecule has 2 bridgehead atoms. The highest BCUT2D eigenvalue weighted by Gasteiger charge is 2.92. The molecule has 20 heavy (non-hydrogen) atoms. The third-order valence-electron chi connectivity index (χ3n) is 7.64. The Bertz CT molecular complexity index is 629. The fourth-order valence-corrected chi connectivity index (χ4v) is 7.57. The SMILES string of the molecule is OC1(c2ccccc2)C2C3C4C5C[C@@H]3C1C5C(F)(F)C42. The van der Waals surface area contributed by atoms with Gasteiger partial charge < -0.3 is 5.11 Å². The van der Waals surface area contributed by atoms with E-state index >= 15 is 0 Å². The average molecular weight is 274 g/mol. The molecular weight excluding hydrogens is 258 g/mol. The molecule has 104 valence electrons. The van der Waals surface area contributed by atoms with Crippen molar-refractivity contribution in [1.82, 2.24) is 0 Å². The standard InChI is InChI=1S/C17H16F2O/c18-17(19)13-9-6-8-10-11(9)15(17)14(10)16(20,12(8)13)7-4-2-1-3-5-7/h1-5,8-15,20H,6H2/t8-,9?,10?,11?,12?,13?,14?,15?,16?/m0/s1. The van der Waals surface area contributed by atoms with Crippen LogP contribution in [0.1, 0.15) is 12.0 Å². The first kappa shape index (κ1) is 10.7. The fourth-order valence-electron chi connectivity index (χ4n) is 7.57. The molecule has 0 aliphatic heterocycles. The van der Waals surface area contributed by atoms with Crippen molar-refractivity contribution in [3.8, 4) is 0 Å². The van der Waals surface area contributed by atoms with Gasteiger partial charge in [0.15, 0.2) is 0 Å². The van der Waals surface area contributed by atoms with Gasteiger partial charge in [-0.25, -0.2) is 8.78 Å². The van der Waals surface area contributed by atoms with Crippen LogP contribution in [0.4, 0.5) is 8.78 Å². The van der Waals surface area contributed by atoms with Gasteiger partial charge in [-0.1, -0.05) is 30.3 Å². The van der Waals surface area contributed by atoms with E-state index in [1.54, 1.807) is 0 Å². The van der Waals surface area contributed by atoms with Crippen LogP contribution in [0.25, 0.3) is 0 Å². The molecule has 6 rings (SSSR count). The lowest BCUT2D eigenvalue weighted by atomic mass is 9.54. The average Bonchev–Trinajstić information content (AvgIpc) is 2.91. The van der Waals surface area contributed by atoms with E-state index in [1.165, 1.54) is 0 Å². The van der Waals surface area contributed by atoms with Gasteiger partial charge >= 0.3 is 0 Å². The number of hydrogen-bond donors (Lipinski definition) is 1. The molecule has 0 amide bonds. The molecule has 0 radical (unpaired) electrons. The predicted molar refractivity (Wildman–Crippen MR) is 67.8 cm³/mol. The smallest absolute Gasteiger partial charge is 0.255 e. The van der Waals surface area contributed by atoms with Gasteiger partial charge in [0.05, 0.1) is 5.60 Å². The summed E-state index contributed by atoms with van der Waals surface area (Å²) in [6.45, 7) is 0. The lowest BCUT2D eigenvalue weighted by Gasteiger charge is -2.54. The van der Waals surface area contributed by atoms with Gasteiger partial charge in [0.25, 0.3) is 5.92 Å². The van der Waals surface area contributed by atoms with Crippen LogP contribution in [-0.2, 0) is 5.60 Å². The van der Waals surface area contributed by atoms with E-state index in [0.29, 0.717) is 11.8 Å². The number of fused-ring (bicyclic) bond motifs is 2. The lowest BCUT2D eigenvalue weighted by Crippen LogP contribution is -2.59. The van der Waals surface area contributed by atoms with Gasteiger partial charge in [-0.05, 0) is 35.7 Å². The van der Waals surface area contributed by atoms with Crippen molar-refractivity contribution in [1.29, 1.82) is 0 Å². The number of rotatable bonds is 1. The minimum absolute atomic E-state index is 0.191. The second-order valence-corrected chi connectivity index (χ2v) is 7.69. The molecule has 0 aromatic heterocycles. The summed E-state index contributed by atoms with van der Waals surface area (Å²) in [4.78, 5) is 0. The maximum absolute atomic E-state index is 14.6. The Morgan fingerprint density at radius 3 is 2.30 bits per heavy atom. The van der Waals surface area contributed by atoms with Crippen LogP contribution in [-0.4, -0.2) is 11.0 Å². The number of alkyl halides is 2. The number of benzene rings is 1. The van der Waals surface area contributed by atoms with Crippen LogP contribution >= 0.6 is 0 Å². The van der Waals surface area contributed by atoms with Crippen molar-refractivity contribution in [3.05, 3.63) is 35.9 Å². The van der Waals surface area contributed by atoms with Gasteiger partial charge in [-0.3, -0.25) is 0 Å². The second-order valence-electron chi connectivity index (χ2n) is 7.69. The quantitative estimate of drug-likeness (QED) is 0.835. The highest BCUT2D eigenvalue weighted by molar-refractivity contribution is 5.41. The number of aliphatic hydroxyl groups is 1. The Kier molecular flexibility index (Phi) is 1.45. The first-order chi connectivity index (χ1) is 9.58. The monoisotopic (exact) mass is 274 g/mol. The van der Waals surface area contributed by atoms with Crippen molar-refractivity contribution in [2.75, 3.05) is 0 Å². The fraction of sp³-hybridized carbons (Fsp3) is 0.647. The van der Waals surface area contributed by atoms with E-state index < -0.39 is 23.4 Å². The second kappa shape index (κ2) is 2.70. The Balaban J connectivity index is 1.62. The van der Waals surface area contributed by atoms with E-state index in [-0.39, 0.29) is 23.7 Å². The molecule has 3 heteroatoms. The lowest BCUT2D eigenvalue weighted by molar-refractivity contribution is -0.238. The molecule has 8 unspecified atom stereocenters. The minimum Gasteiger partial charge on any atom is -0.385 e. The molecule has 1 aromatic rings. The molecule has 1 nitrogen and oxygen atoms in total. The highest BCUT2D eigenvalue weighted by Crippen LogP contribution is 2.89. The summed E-state index contributed by atoms with van der Waals surface area (Å²) in [5.41, 5.74) is -0.0935. The first-order valence-electron chi connectivity index (χ1n) is 7.73. The molecule has 1 aromatic carbocycles. The normalized spacial score (nSPS) is 62.1. The van der Waals surface area contributed by atoms with Gasteiger partial charge in [0.1, 0.15) is 0 Å². The molecule has 5 aliphatic rings. The zero-order valence-electron chi connectivity index (χ0n) is 10.9. The van der Waals surface area contributed by atoms with Crippen molar-refractivity contribution in [3.63, 3.8) is 0 Å². The molecule has 0 spiro atoms. The number of hydrogen-bond acceptors (Lipinski definition) is 1. The van der Waals surface area contributed by atoms with Crippen LogP contribution in [0.5, 0.6) is 0 Å². The van der Waals surface area contributed by atoms with Crippen molar-refractivity contribution in [2.45, 2.75) is 17.9 Å². The summed E-state index contributed by atoms with van der Waals surface area (Å²) in [6.07, 6.45) is 0.947. The van der Waals surface area contributed by atoms with Crippen LogP contribution in [0.3, 0.4) is 0 Å². The molecule has 0 heterocycles. The first-order valence-corrected chi connectivity index (χ1v) is 7.73. The predicted octanol–water partition coefficient (Wildman–Crippen LogP) is 2.90. The van der Waals surface area contributed by atoms with Gasteiger partial charge in [0.2, 0.25) is 0 Å². The Labute approximate surface area is 116 Å². The molecule has 5 aliphatic carbocycles. The summed E-state index contributed by atoms with van der Waals surface area (Å²) in [5.74, 6) is -2.85. The highest BCUT2D eigenvalue weighted by atomic mass is 19.3. The van der Waals surface area contributed by atoms with Gasteiger partial charge in [-0.15, -0.1) is 0 Å². The molecule has 1 N–H and O–H groups in total. The largest absolute Gasteiger partial charge is 0.385 e. The maximum atomic E-state index is 14.6. The number of halogens is 2. The summed E-state index contributed by atoms with van der Waals surface area (Å²) in [6, 6.07) is 9.62. The third kappa shape index (κ3) is 0.739. The van der Waals surface area contributed by atoms with Crippen LogP contribution in [0.2, 0.25) is 0 Å². The van der Waals surface area contributed by atoms with Crippen molar-refractivity contribution < 1.29 is 13.9 Å². The maximum Gasteiger partial charge on any atom is 0.255 e. The molecular formula is C17H16F2O. The summed E-state index contributed by atoms with van der Waals surface area (Å²) < 4.78 is 29.3. The third-order valence-corrected chi connectivity index (χ3v) is 7.64. The van der Waals surface area contributed by atoms with Crippen molar-refractivity contribution >= 4 is 0 Å². The zero-order chi connectivity index (χ0) is 13.4. The molecule has 0 saturated heterocycles. The molecule has 9 atom stereocenters. The summed E-state index contributed by atoms with van der Waals surface area (Å²) in [7, 11) is 0. The van der Waals surface area contributed by atoms with Crippen LogP contribution < -0.4 is 0 Å². The van der Waals surface area contributed by atoms with Crippen LogP contribution in [0.15, 0.2) is 30.3 Å². The Morgan fingerprint density at radius 1 is 0.900 bits per heavy atom. The van der Waals surface area contributed by atoms with E-state index in [1.807, 2.05) is 30.3 Å². The zero-order valence-corrected chi connectivity index (χ0v) is 10.9. The molecule has 5 saturated carbocycles. The van der Waals surface area contributed by atoms with Crippen molar-refractivity contribution in [2.24, 2.45) is 47.3 Å². The summed E-state index contributed by atoms with van der Waals surface area (Å²) >= 11 is 0. The minimum atomic E-state index is -2.52. The van der Waals surface area contributed by atoms with E-state index in [0.717, 1.165) is 12.0 Å². The topological polar surface area (TPSA) is 20.2 Å². The molecule has 5 fully saturated rings. The van der Waals surface area contributed by atoms with E-state index in [2.05, 4.69) is 0 Å². The Morgan fingerprint density at radius 2 is 1.55 bits per heavy atom. The summed E-state index contributed by atoms with van der Waals surface area (Å²) in [5, 5.41) is 11.4. The van der Waals surface area contributed by atoms with E-state index in [4.69, 9.17) is 0 Å².